The van der Waals surface area contributed by atoms with Crippen molar-refractivity contribution in [2.24, 2.45) is 0 Å². The number of halogens is 4. The van der Waals surface area contributed by atoms with Crippen LogP contribution in [0.1, 0.15) is 64.2 Å². The number of nitrogens with one attached hydrogen (secondary N) is 1. The van der Waals surface area contributed by atoms with Crippen LogP contribution in [0.5, 0.6) is 17.2 Å². The fourth-order valence-corrected chi connectivity index (χ4v) is 4.69. The Bertz CT molecular complexity index is 1430. The summed E-state index contributed by atoms with van der Waals surface area (Å²) >= 11 is 6.36. The quantitative estimate of drug-likeness (QED) is 0.280. The topological polar surface area (TPSA) is 107 Å². The Hall–Kier alpha value is -3.99. The van der Waals surface area contributed by atoms with Crippen LogP contribution in [-0.4, -0.2) is 35.3 Å². The van der Waals surface area contributed by atoms with Crippen LogP contribution in [-0.2, 0) is 17.3 Å². The van der Waals surface area contributed by atoms with Gasteiger partial charge in [-0.15, -0.1) is 0 Å². The number of carboxylic acid groups (broad SMARTS) is 1. The standard InChI is InChI=1S/C28H24ClF3N2O6/c29-20-13-19-21(40-27(36)37)10-12-38-22(19)14-23(20)39-18-6-3-17(4-7-18)26(35)33-11-9-16-5-8-24(28(30,31)32)34-25(16)15-1-2-15/h3-8,13-15,21H,1-2,9-12H2,(H,33,35)(H,36,37). The Balaban J connectivity index is 1.19. The predicted molar refractivity (Wildman–Crippen MR) is 137 cm³/mol. The Labute approximate surface area is 232 Å². The highest BCUT2D eigenvalue weighted by Gasteiger charge is 2.35. The van der Waals surface area contributed by atoms with E-state index in [1.165, 1.54) is 6.07 Å². The molecule has 5 rings (SSSR count). The van der Waals surface area contributed by atoms with Gasteiger partial charge in [0, 0.05) is 41.8 Å². The summed E-state index contributed by atoms with van der Waals surface area (Å²) < 4.78 is 55.5. The van der Waals surface area contributed by atoms with Crippen LogP contribution in [0.3, 0.4) is 0 Å². The van der Waals surface area contributed by atoms with Crippen LogP contribution in [0.2, 0.25) is 5.02 Å². The molecule has 1 aromatic heterocycles. The third kappa shape index (κ3) is 6.41. The largest absolute Gasteiger partial charge is 0.506 e. The van der Waals surface area contributed by atoms with E-state index in [0.29, 0.717) is 46.7 Å². The smallest absolute Gasteiger partial charge is 0.493 e. The number of hydrogen-bond acceptors (Lipinski definition) is 6. The molecule has 1 saturated carbocycles. The Morgan fingerprint density at radius 2 is 1.85 bits per heavy atom. The molecule has 1 fully saturated rings. The minimum absolute atomic E-state index is 0.0373. The summed E-state index contributed by atoms with van der Waals surface area (Å²) in [6, 6.07) is 11.8. The lowest BCUT2D eigenvalue weighted by Crippen LogP contribution is -2.26. The van der Waals surface area contributed by atoms with Gasteiger partial charge in [-0.3, -0.25) is 4.79 Å². The lowest BCUT2D eigenvalue weighted by molar-refractivity contribution is -0.141. The van der Waals surface area contributed by atoms with Crippen LogP contribution >= 0.6 is 11.6 Å². The summed E-state index contributed by atoms with van der Waals surface area (Å²) in [6.07, 6.45) is -4.23. The molecule has 8 nitrogen and oxygen atoms in total. The summed E-state index contributed by atoms with van der Waals surface area (Å²) in [5.74, 6) is 0.781. The van der Waals surface area contributed by atoms with Gasteiger partial charge >= 0.3 is 12.3 Å². The van der Waals surface area contributed by atoms with E-state index in [4.69, 9.17) is 30.9 Å². The number of rotatable bonds is 8. The van der Waals surface area contributed by atoms with Crippen molar-refractivity contribution < 1.29 is 42.1 Å². The van der Waals surface area contributed by atoms with Crippen molar-refractivity contribution in [1.82, 2.24) is 10.3 Å². The van der Waals surface area contributed by atoms with Crippen molar-refractivity contribution in [3.8, 4) is 17.2 Å². The number of carbonyl (C=O) groups excluding carboxylic acids is 1. The molecule has 2 heterocycles. The van der Waals surface area contributed by atoms with Gasteiger partial charge < -0.3 is 24.6 Å². The fourth-order valence-electron chi connectivity index (χ4n) is 4.48. The van der Waals surface area contributed by atoms with Crippen molar-refractivity contribution >= 4 is 23.7 Å². The minimum atomic E-state index is -4.49. The first-order valence-corrected chi connectivity index (χ1v) is 12.9. The predicted octanol–water partition coefficient (Wildman–Crippen LogP) is 6.91. The third-order valence-electron chi connectivity index (χ3n) is 6.58. The molecule has 3 aromatic rings. The minimum Gasteiger partial charge on any atom is -0.493 e. The molecule has 40 heavy (non-hydrogen) atoms. The number of fused-ring (bicyclic) bond motifs is 1. The van der Waals surface area contributed by atoms with Crippen LogP contribution in [0.4, 0.5) is 18.0 Å². The van der Waals surface area contributed by atoms with Gasteiger partial charge in [-0.1, -0.05) is 17.7 Å². The molecule has 0 saturated heterocycles. The first-order chi connectivity index (χ1) is 19.1. The summed E-state index contributed by atoms with van der Waals surface area (Å²) in [7, 11) is 0. The molecule has 2 aliphatic rings. The second kappa shape index (κ2) is 11.2. The fraction of sp³-hybridized carbons (Fsp3) is 0.321. The summed E-state index contributed by atoms with van der Waals surface area (Å²) in [6.45, 7) is 0.508. The van der Waals surface area contributed by atoms with Crippen molar-refractivity contribution in [2.45, 2.75) is 43.9 Å². The first kappa shape index (κ1) is 27.6. The number of alkyl halides is 3. The second-order valence-electron chi connectivity index (χ2n) is 9.48. The zero-order chi connectivity index (χ0) is 28.4. The van der Waals surface area contributed by atoms with Crippen LogP contribution in [0.15, 0.2) is 48.5 Å². The Morgan fingerprint density at radius 1 is 1.10 bits per heavy atom. The van der Waals surface area contributed by atoms with Gasteiger partial charge in [-0.2, -0.15) is 13.2 Å². The average Bonchev–Trinajstić information content (AvgIpc) is 3.75. The Morgan fingerprint density at radius 3 is 2.52 bits per heavy atom. The van der Waals surface area contributed by atoms with Crippen molar-refractivity contribution in [2.75, 3.05) is 13.2 Å². The number of amides is 1. The van der Waals surface area contributed by atoms with E-state index in [-0.39, 0.29) is 35.7 Å². The number of pyridine rings is 1. The van der Waals surface area contributed by atoms with Gasteiger partial charge in [-0.05, 0) is 61.2 Å². The molecule has 0 radical (unpaired) electrons. The maximum Gasteiger partial charge on any atom is 0.506 e. The highest BCUT2D eigenvalue weighted by molar-refractivity contribution is 6.32. The molecular weight excluding hydrogens is 553 g/mol. The zero-order valence-corrected chi connectivity index (χ0v) is 21.7. The highest BCUT2D eigenvalue weighted by Crippen LogP contribution is 2.43. The molecule has 0 spiro atoms. The van der Waals surface area contributed by atoms with Crippen molar-refractivity contribution in [1.29, 1.82) is 0 Å². The van der Waals surface area contributed by atoms with Gasteiger partial charge in [0.2, 0.25) is 0 Å². The lowest BCUT2D eigenvalue weighted by atomic mass is 10.0. The van der Waals surface area contributed by atoms with Crippen LogP contribution < -0.4 is 14.8 Å². The number of hydrogen-bond donors (Lipinski definition) is 2. The molecule has 210 valence electrons. The molecule has 1 atom stereocenters. The molecule has 12 heteroatoms. The summed E-state index contributed by atoms with van der Waals surface area (Å²) in [4.78, 5) is 27.5. The first-order valence-electron chi connectivity index (χ1n) is 12.6. The van der Waals surface area contributed by atoms with Gasteiger partial charge in [0.15, 0.2) is 0 Å². The monoisotopic (exact) mass is 576 g/mol. The SMILES string of the molecule is O=C(O)OC1CCOc2cc(Oc3ccc(C(=O)NCCc4ccc(C(F)(F)F)nc4C4CC4)cc3)c(Cl)cc21. The van der Waals surface area contributed by atoms with E-state index in [1.807, 2.05) is 0 Å². The molecule has 0 bridgehead atoms. The molecular formula is C28H24ClF3N2O6. The maximum absolute atomic E-state index is 13.1. The van der Waals surface area contributed by atoms with Crippen molar-refractivity contribution in [3.63, 3.8) is 0 Å². The number of nitrogens with zero attached hydrogens (tertiary/aromatic N) is 1. The Kier molecular flexibility index (Phi) is 7.75. The average molecular weight is 577 g/mol. The third-order valence-corrected chi connectivity index (χ3v) is 6.88. The van der Waals surface area contributed by atoms with E-state index in [1.54, 1.807) is 36.4 Å². The highest BCUT2D eigenvalue weighted by atomic mass is 35.5. The normalized spacial score (nSPS) is 16.4. The lowest BCUT2D eigenvalue weighted by Gasteiger charge is -2.25. The van der Waals surface area contributed by atoms with E-state index in [2.05, 4.69) is 10.3 Å². The molecule has 1 aliphatic carbocycles. The summed E-state index contributed by atoms with van der Waals surface area (Å²) in [5.41, 5.74) is 1.14. The van der Waals surface area contributed by atoms with Gasteiger partial charge in [-0.25, -0.2) is 9.78 Å². The molecule has 2 N–H and O–H groups in total. The number of aromatic nitrogens is 1. The second-order valence-corrected chi connectivity index (χ2v) is 9.88. The van der Waals surface area contributed by atoms with Gasteiger partial charge in [0.25, 0.3) is 5.91 Å². The van der Waals surface area contributed by atoms with Crippen molar-refractivity contribution in [3.05, 3.63) is 81.6 Å². The van der Waals surface area contributed by atoms with Crippen LogP contribution in [0.25, 0.3) is 0 Å². The zero-order valence-electron chi connectivity index (χ0n) is 21.0. The van der Waals surface area contributed by atoms with E-state index >= 15 is 0 Å². The number of benzene rings is 2. The number of ether oxygens (including phenoxy) is 3. The van der Waals surface area contributed by atoms with Crippen LogP contribution in [0, 0.1) is 0 Å². The van der Waals surface area contributed by atoms with E-state index in [9.17, 15) is 22.8 Å². The van der Waals surface area contributed by atoms with E-state index < -0.39 is 24.1 Å². The van der Waals surface area contributed by atoms with Gasteiger partial charge in [0.1, 0.15) is 29.0 Å². The number of carbonyl (C=O) groups is 2. The van der Waals surface area contributed by atoms with E-state index in [0.717, 1.165) is 18.9 Å². The van der Waals surface area contributed by atoms with Gasteiger partial charge in [0.05, 0.1) is 11.6 Å². The molecule has 2 aromatic carbocycles. The molecule has 1 unspecified atom stereocenters. The molecule has 1 aliphatic heterocycles. The maximum atomic E-state index is 13.1. The molecule has 1 amide bonds. The summed E-state index contributed by atoms with van der Waals surface area (Å²) in [5, 5.41) is 12.0.